The molecule has 0 aliphatic heterocycles. The molecule has 0 saturated heterocycles. The number of hydrazone groups is 1. The Morgan fingerprint density at radius 2 is 1.74 bits per heavy atom. The highest BCUT2D eigenvalue weighted by Gasteiger charge is 2.15. The van der Waals surface area contributed by atoms with E-state index in [4.69, 9.17) is 9.47 Å². The van der Waals surface area contributed by atoms with Crippen LogP contribution in [0.2, 0.25) is 0 Å². The molecule has 0 radical (unpaired) electrons. The van der Waals surface area contributed by atoms with E-state index in [9.17, 15) is 9.59 Å². The van der Waals surface area contributed by atoms with Crippen LogP contribution in [0.1, 0.15) is 21.5 Å². The van der Waals surface area contributed by atoms with Crippen LogP contribution in [-0.2, 0) is 4.79 Å². The third-order valence-corrected chi connectivity index (χ3v) is 5.07. The number of nitrogens with one attached hydrogen (secondary N) is 1. The lowest BCUT2D eigenvalue weighted by Crippen LogP contribution is -2.24. The maximum Gasteiger partial charge on any atom is 0.343 e. The number of amides is 1. The van der Waals surface area contributed by atoms with Gasteiger partial charge in [-0.3, -0.25) is 4.79 Å². The average Bonchev–Trinajstić information content (AvgIpc) is 2.76. The molecular formula is C23H18Br2N2O4. The van der Waals surface area contributed by atoms with Crippen LogP contribution < -0.4 is 14.9 Å². The summed E-state index contributed by atoms with van der Waals surface area (Å²) in [5.41, 5.74) is 4.41. The predicted molar refractivity (Wildman–Crippen MR) is 126 cm³/mol. The van der Waals surface area contributed by atoms with Crippen LogP contribution in [0.5, 0.6) is 11.5 Å². The highest BCUT2D eigenvalue weighted by Crippen LogP contribution is 2.32. The lowest BCUT2D eigenvalue weighted by Gasteiger charge is -2.10. The van der Waals surface area contributed by atoms with Gasteiger partial charge in [0.05, 0.1) is 16.3 Å². The van der Waals surface area contributed by atoms with Crippen molar-refractivity contribution in [1.29, 1.82) is 0 Å². The summed E-state index contributed by atoms with van der Waals surface area (Å²) in [5, 5.41) is 3.95. The first kappa shape index (κ1) is 22.7. The molecule has 3 aromatic carbocycles. The topological polar surface area (TPSA) is 77.0 Å². The van der Waals surface area contributed by atoms with Gasteiger partial charge in [0, 0.05) is 10.0 Å². The van der Waals surface area contributed by atoms with Gasteiger partial charge in [0.25, 0.3) is 5.91 Å². The normalized spacial score (nSPS) is 10.7. The maximum absolute atomic E-state index is 12.4. The molecule has 1 amide bonds. The minimum absolute atomic E-state index is 0.182. The first-order valence-electron chi connectivity index (χ1n) is 9.20. The first-order valence-corrected chi connectivity index (χ1v) is 10.8. The minimum atomic E-state index is -0.506. The lowest BCUT2D eigenvalue weighted by molar-refractivity contribution is -0.123. The van der Waals surface area contributed by atoms with Crippen LogP contribution in [-0.4, -0.2) is 24.7 Å². The summed E-state index contributed by atoms with van der Waals surface area (Å²) in [4.78, 5) is 24.4. The van der Waals surface area contributed by atoms with E-state index >= 15 is 0 Å². The van der Waals surface area contributed by atoms with Crippen molar-refractivity contribution in [2.24, 2.45) is 5.10 Å². The molecule has 0 aromatic heterocycles. The highest BCUT2D eigenvalue weighted by molar-refractivity contribution is 9.11. The van der Waals surface area contributed by atoms with E-state index in [-0.39, 0.29) is 12.4 Å². The molecule has 31 heavy (non-hydrogen) atoms. The standard InChI is InChI=1S/C23H18Br2N2O4/c1-15-7-9-19(10-8-15)30-14-21(28)27-26-13-17-11-18(24)12-20(25)22(17)31-23(29)16-5-3-2-4-6-16/h2-13H,14H2,1H3,(H,27,28). The van der Waals surface area contributed by atoms with Gasteiger partial charge in [-0.2, -0.15) is 5.10 Å². The first-order chi connectivity index (χ1) is 14.9. The molecule has 0 heterocycles. The number of hydrogen-bond acceptors (Lipinski definition) is 5. The SMILES string of the molecule is Cc1ccc(OCC(=O)NN=Cc2cc(Br)cc(Br)c2OC(=O)c2ccccc2)cc1. The molecule has 8 heteroatoms. The smallest absolute Gasteiger partial charge is 0.343 e. The Kier molecular flexibility index (Phi) is 7.97. The van der Waals surface area contributed by atoms with E-state index < -0.39 is 11.9 Å². The number of halogens is 2. The van der Waals surface area contributed by atoms with Gasteiger partial charge in [-0.15, -0.1) is 0 Å². The molecule has 0 saturated carbocycles. The van der Waals surface area contributed by atoms with Gasteiger partial charge in [0.15, 0.2) is 12.4 Å². The Morgan fingerprint density at radius 3 is 2.45 bits per heavy atom. The van der Waals surface area contributed by atoms with Crippen molar-refractivity contribution in [2.45, 2.75) is 6.92 Å². The van der Waals surface area contributed by atoms with Gasteiger partial charge in [-0.1, -0.05) is 51.8 Å². The van der Waals surface area contributed by atoms with Crippen LogP contribution in [0.15, 0.2) is 80.8 Å². The van der Waals surface area contributed by atoms with Crippen LogP contribution in [0.4, 0.5) is 0 Å². The molecule has 3 aromatic rings. The molecule has 6 nitrogen and oxygen atoms in total. The molecule has 3 rings (SSSR count). The van der Waals surface area contributed by atoms with Crippen molar-refractivity contribution >= 4 is 50.0 Å². The second-order valence-corrected chi connectivity index (χ2v) is 8.23. The van der Waals surface area contributed by atoms with E-state index in [0.29, 0.717) is 21.3 Å². The quantitative estimate of drug-likeness (QED) is 0.190. The number of aryl methyl sites for hydroxylation is 1. The molecule has 158 valence electrons. The second kappa shape index (κ2) is 10.9. The molecule has 0 bridgehead atoms. The van der Waals surface area contributed by atoms with Gasteiger partial charge >= 0.3 is 5.97 Å². The van der Waals surface area contributed by atoms with Gasteiger partial charge in [-0.25, -0.2) is 10.2 Å². The third-order valence-electron chi connectivity index (χ3n) is 4.03. The second-order valence-electron chi connectivity index (χ2n) is 6.46. The van der Waals surface area contributed by atoms with E-state index in [2.05, 4.69) is 42.4 Å². The highest BCUT2D eigenvalue weighted by atomic mass is 79.9. The summed E-state index contributed by atoms with van der Waals surface area (Å²) < 4.78 is 12.3. The number of rotatable bonds is 7. The summed E-state index contributed by atoms with van der Waals surface area (Å²) in [5.74, 6) is -0.0516. The Hall–Kier alpha value is -2.97. The van der Waals surface area contributed by atoms with Crippen molar-refractivity contribution in [3.05, 3.63) is 92.4 Å². The summed E-state index contributed by atoms with van der Waals surface area (Å²) in [6, 6.07) is 19.5. The Balaban J connectivity index is 1.65. The summed E-state index contributed by atoms with van der Waals surface area (Å²) in [7, 11) is 0. The van der Waals surface area contributed by atoms with Crippen LogP contribution in [0.3, 0.4) is 0 Å². The number of nitrogens with zero attached hydrogens (tertiary/aromatic N) is 1. The van der Waals surface area contributed by atoms with E-state index in [1.54, 1.807) is 48.5 Å². The molecule has 1 N–H and O–H groups in total. The van der Waals surface area contributed by atoms with Gasteiger partial charge in [0.1, 0.15) is 5.75 Å². The Morgan fingerprint density at radius 1 is 1.03 bits per heavy atom. The molecule has 0 aliphatic carbocycles. The van der Waals surface area contributed by atoms with E-state index in [1.807, 2.05) is 25.1 Å². The fraction of sp³-hybridized carbons (Fsp3) is 0.0870. The average molecular weight is 546 g/mol. The number of esters is 1. The van der Waals surface area contributed by atoms with Gasteiger partial charge in [0.2, 0.25) is 0 Å². The maximum atomic E-state index is 12.4. The van der Waals surface area contributed by atoms with Crippen molar-refractivity contribution in [2.75, 3.05) is 6.61 Å². The number of hydrogen-bond donors (Lipinski definition) is 1. The molecule has 0 spiro atoms. The predicted octanol–water partition coefficient (Wildman–Crippen LogP) is 5.27. The van der Waals surface area contributed by atoms with Crippen molar-refractivity contribution in [1.82, 2.24) is 5.43 Å². The number of carbonyl (C=O) groups is 2. The van der Waals surface area contributed by atoms with Crippen LogP contribution in [0, 0.1) is 6.92 Å². The van der Waals surface area contributed by atoms with Crippen molar-refractivity contribution in [3.63, 3.8) is 0 Å². The van der Waals surface area contributed by atoms with Crippen molar-refractivity contribution < 1.29 is 19.1 Å². The zero-order chi connectivity index (χ0) is 22.2. The zero-order valence-corrected chi connectivity index (χ0v) is 19.6. The van der Waals surface area contributed by atoms with Crippen LogP contribution in [0.25, 0.3) is 0 Å². The Bertz CT molecular complexity index is 1100. The minimum Gasteiger partial charge on any atom is -0.484 e. The van der Waals surface area contributed by atoms with Gasteiger partial charge < -0.3 is 9.47 Å². The molecule has 0 unspecified atom stereocenters. The summed E-state index contributed by atoms with van der Waals surface area (Å²) in [6.45, 7) is 1.79. The number of benzene rings is 3. The Labute approximate surface area is 196 Å². The fourth-order valence-corrected chi connectivity index (χ4v) is 3.84. The number of carbonyl (C=O) groups excluding carboxylic acids is 2. The lowest BCUT2D eigenvalue weighted by atomic mass is 10.2. The van der Waals surface area contributed by atoms with E-state index in [0.717, 1.165) is 10.0 Å². The summed E-state index contributed by atoms with van der Waals surface area (Å²) >= 11 is 6.79. The molecular weight excluding hydrogens is 528 g/mol. The van der Waals surface area contributed by atoms with Gasteiger partial charge in [-0.05, 0) is 59.3 Å². The fourth-order valence-electron chi connectivity index (χ4n) is 2.50. The molecule has 0 fully saturated rings. The molecule has 0 aliphatic rings. The van der Waals surface area contributed by atoms with E-state index in [1.165, 1.54) is 6.21 Å². The summed E-state index contributed by atoms with van der Waals surface area (Å²) in [6.07, 6.45) is 1.40. The van der Waals surface area contributed by atoms with Crippen molar-refractivity contribution in [3.8, 4) is 11.5 Å². The largest absolute Gasteiger partial charge is 0.484 e. The van der Waals surface area contributed by atoms with Crippen LogP contribution >= 0.6 is 31.9 Å². The third kappa shape index (κ3) is 6.77. The number of ether oxygens (including phenoxy) is 2. The monoisotopic (exact) mass is 544 g/mol. The molecule has 0 atom stereocenters. The zero-order valence-electron chi connectivity index (χ0n) is 16.5.